The van der Waals surface area contributed by atoms with Crippen LogP contribution in [-0.4, -0.2) is 57.7 Å². The highest BCUT2D eigenvalue weighted by Gasteiger charge is 2.09. The molecule has 2 aromatic rings. The Morgan fingerprint density at radius 1 is 1.09 bits per heavy atom. The standard InChI is InChI=1S/C8H11ClN10.C3H8/c1-3-7(18-4-10-14-16-18)13-8(12-6(2)9)19-5-11-15-17-19;1-3-2/h4-6H,3H2,1-2H3;3H2,1-2H3/b12-8+,13-7+;. The molecule has 2 heterocycles. The van der Waals surface area contributed by atoms with Gasteiger partial charge in [-0.2, -0.15) is 14.4 Å². The Balaban J connectivity index is 0.000000745. The molecule has 0 fully saturated rings. The number of rotatable bonds is 2. The maximum Gasteiger partial charge on any atom is 0.252 e. The van der Waals surface area contributed by atoms with Gasteiger partial charge < -0.3 is 0 Å². The van der Waals surface area contributed by atoms with Crippen molar-refractivity contribution >= 4 is 23.4 Å². The van der Waals surface area contributed by atoms with Crippen LogP contribution in [0.15, 0.2) is 22.6 Å². The number of aliphatic imine (C=N–C) groups is 2. The van der Waals surface area contributed by atoms with Gasteiger partial charge in [0.1, 0.15) is 24.0 Å². The molecule has 2 rings (SSSR count). The quantitative estimate of drug-likeness (QED) is 0.355. The number of aromatic nitrogens is 8. The lowest BCUT2D eigenvalue weighted by Gasteiger charge is -2.04. The van der Waals surface area contributed by atoms with E-state index in [-0.39, 0.29) is 5.96 Å². The van der Waals surface area contributed by atoms with E-state index in [0.717, 1.165) is 0 Å². The van der Waals surface area contributed by atoms with Gasteiger partial charge in [-0.15, -0.1) is 10.2 Å². The normalized spacial score (nSPS) is 13.5. The van der Waals surface area contributed by atoms with Crippen LogP contribution in [0.25, 0.3) is 0 Å². The molecule has 0 spiro atoms. The summed E-state index contributed by atoms with van der Waals surface area (Å²) in [6.07, 6.45) is 4.68. The predicted octanol–water partition coefficient (Wildman–Crippen LogP) is 1.22. The van der Waals surface area contributed by atoms with Crippen molar-refractivity contribution in [3.63, 3.8) is 0 Å². The molecule has 1 atom stereocenters. The van der Waals surface area contributed by atoms with Crippen molar-refractivity contribution in [3.8, 4) is 0 Å². The molecule has 0 N–H and O–H groups in total. The molecule has 0 bridgehead atoms. The van der Waals surface area contributed by atoms with Gasteiger partial charge in [-0.05, 0) is 27.8 Å². The Bertz CT molecular complexity index is 572. The van der Waals surface area contributed by atoms with E-state index in [0.29, 0.717) is 12.3 Å². The first-order valence-electron chi connectivity index (χ1n) is 6.88. The molecule has 10 nitrogen and oxygen atoms in total. The van der Waals surface area contributed by atoms with E-state index in [2.05, 4.69) is 54.9 Å². The molecule has 0 aliphatic carbocycles. The van der Waals surface area contributed by atoms with Gasteiger partial charge in [0, 0.05) is 6.42 Å². The van der Waals surface area contributed by atoms with Crippen molar-refractivity contribution in [2.24, 2.45) is 9.98 Å². The largest absolute Gasteiger partial charge is 0.252 e. The Morgan fingerprint density at radius 3 is 2.05 bits per heavy atom. The number of alkyl halides is 1. The van der Waals surface area contributed by atoms with Crippen LogP contribution in [0.2, 0.25) is 0 Å². The maximum atomic E-state index is 5.86. The minimum Gasteiger partial charge on any atom is -0.230 e. The first kappa shape index (κ1) is 17.8. The van der Waals surface area contributed by atoms with Crippen LogP contribution in [0.3, 0.4) is 0 Å². The molecule has 0 radical (unpaired) electrons. The van der Waals surface area contributed by atoms with Gasteiger partial charge in [0.15, 0.2) is 0 Å². The molecular weight excluding hydrogens is 308 g/mol. The Morgan fingerprint density at radius 2 is 1.64 bits per heavy atom. The zero-order valence-corrected chi connectivity index (χ0v) is 13.8. The summed E-state index contributed by atoms with van der Waals surface area (Å²) in [5, 5.41) is 21.7. The smallest absolute Gasteiger partial charge is 0.230 e. The molecule has 0 aromatic carbocycles. The van der Waals surface area contributed by atoms with Crippen LogP contribution in [0.4, 0.5) is 0 Å². The van der Waals surface area contributed by atoms with Crippen molar-refractivity contribution < 1.29 is 0 Å². The van der Waals surface area contributed by atoms with E-state index < -0.39 is 5.50 Å². The molecule has 1 unspecified atom stereocenters. The summed E-state index contributed by atoms with van der Waals surface area (Å²) in [5.41, 5.74) is -0.463. The summed E-state index contributed by atoms with van der Waals surface area (Å²) in [4.78, 5) is 8.49. The fraction of sp³-hybridized carbons (Fsp3) is 0.636. The van der Waals surface area contributed by atoms with E-state index in [1.54, 1.807) is 6.92 Å². The number of hydrogen-bond acceptors (Lipinski definition) is 7. The Labute approximate surface area is 133 Å². The average Bonchev–Trinajstić information content (AvgIpc) is 3.16. The molecule has 0 aliphatic rings. The van der Waals surface area contributed by atoms with Gasteiger partial charge >= 0.3 is 0 Å². The second-order valence-electron chi connectivity index (χ2n) is 4.10. The molecule has 0 aliphatic heterocycles. The highest BCUT2D eigenvalue weighted by atomic mass is 35.5. The summed E-state index contributed by atoms with van der Waals surface area (Å²) < 4.78 is 2.76. The summed E-state index contributed by atoms with van der Waals surface area (Å²) in [7, 11) is 0. The highest BCUT2D eigenvalue weighted by molar-refractivity contribution is 6.20. The lowest BCUT2D eigenvalue weighted by atomic mass is 10.4. The number of hydrogen-bond donors (Lipinski definition) is 0. The van der Waals surface area contributed by atoms with E-state index in [4.69, 9.17) is 11.6 Å². The van der Waals surface area contributed by atoms with Gasteiger partial charge in [0.05, 0.1) is 0 Å². The molecule has 22 heavy (non-hydrogen) atoms. The van der Waals surface area contributed by atoms with Crippen LogP contribution in [0.5, 0.6) is 0 Å². The highest BCUT2D eigenvalue weighted by Crippen LogP contribution is 2.00. The molecule has 0 saturated carbocycles. The lowest BCUT2D eigenvalue weighted by Crippen LogP contribution is -2.19. The minimum absolute atomic E-state index is 0.264. The van der Waals surface area contributed by atoms with Gasteiger partial charge in [0.2, 0.25) is 0 Å². The third-order valence-corrected chi connectivity index (χ3v) is 2.10. The molecule has 2 aromatic heterocycles. The van der Waals surface area contributed by atoms with Crippen LogP contribution >= 0.6 is 11.6 Å². The van der Waals surface area contributed by atoms with Crippen molar-refractivity contribution in [1.82, 2.24) is 40.4 Å². The van der Waals surface area contributed by atoms with Crippen LogP contribution in [0, 0.1) is 0 Å². The minimum atomic E-state index is -0.463. The van der Waals surface area contributed by atoms with Gasteiger partial charge in [-0.25, -0.2) is 4.99 Å². The third kappa shape index (κ3) is 5.64. The fourth-order valence-corrected chi connectivity index (χ4v) is 1.33. The average molecular weight is 327 g/mol. The summed E-state index contributed by atoms with van der Waals surface area (Å²) >= 11 is 5.86. The second-order valence-corrected chi connectivity index (χ2v) is 4.73. The lowest BCUT2D eigenvalue weighted by molar-refractivity contribution is 0.791. The zero-order valence-electron chi connectivity index (χ0n) is 13.0. The van der Waals surface area contributed by atoms with E-state index in [1.807, 2.05) is 6.92 Å². The summed E-state index contributed by atoms with van der Waals surface area (Å²) in [6.45, 7) is 7.88. The van der Waals surface area contributed by atoms with Crippen molar-refractivity contribution in [2.75, 3.05) is 0 Å². The topological polar surface area (TPSA) is 112 Å². The second kappa shape index (κ2) is 9.66. The first-order chi connectivity index (χ1) is 10.6. The van der Waals surface area contributed by atoms with E-state index in [1.165, 1.54) is 28.4 Å². The number of halogens is 1. The van der Waals surface area contributed by atoms with Crippen LogP contribution in [0.1, 0.15) is 40.5 Å². The maximum absolute atomic E-state index is 5.86. The Kier molecular flexibility index (Phi) is 7.83. The number of tetrazole rings is 2. The predicted molar refractivity (Wildman–Crippen MR) is 82.9 cm³/mol. The first-order valence-corrected chi connectivity index (χ1v) is 7.32. The van der Waals surface area contributed by atoms with Gasteiger partial charge in [-0.1, -0.05) is 38.8 Å². The monoisotopic (exact) mass is 326 g/mol. The molecule has 11 heteroatoms. The summed E-state index contributed by atoms with van der Waals surface area (Å²) in [5.74, 6) is 0.858. The summed E-state index contributed by atoms with van der Waals surface area (Å²) in [6, 6.07) is 0. The number of nitrogens with zero attached hydrogens (tertiary/aromatic N) is 10. The van der Waals surface area contributed by atoms with Crippen LogP contribution < -0.4 is 0 Å². The van der Waals surface area contributed by atoms with Gasteiger partial charge in [-0.3, -0.25) is 0 Å². The van der Waals surface area contributed by atoms with Crippen molar-refractivity contribution in [1.29, 1.82) is 0 Å². The Hall–Kier alpha value is -2.23. The van der Waals surface area contributed by atoms with Gasteiger partial charge in [0.25, 0.3) is 5.96 Å². The van der Waals surface area contributed by atoms with Crippen molar-refractivity contribution in [3.05, 3.63) is 12.7 Å². The fourth-order valence-electron chi connectivity index (χ4n) is 1.24. The zero-order chi connectivity index (χ0) is 16.4. The molecule has 0 saturated heterocycles. The molecular formula is C11H19ClN10. The van der Waals surface area contributed by atoms with Crippen LogP contribution in [-0.2, 0) is 0 Å². The molecule has 0 amide bonds. The van der Waals surface area contributed by atoms with E-state index in [9.17, 15) is 0 Å². The van der Waals surface area contributed by atoms with E-state index >= 15 is 0 Å². The van der Waals surface area contributed by atoms with Crippen molar-refractivity contribution in [2.45, 2.75) is 46.0 Å². The SMILES string of the molecule is CC/C(=N\C(=N/C(C)Cl)n1cnnn1)n1cnnn1.CCC. The third-order valence-electron chi connectivity index (χ3n) is 2.01. The molecule has 120 valence electrons.